The van der Waals surface area contributed by atoms with Gasteiger partial charge in [0.15, 0.2) is 0 Å². The Hall–Kier alpha value is -0.880. The molecule has 2 rings (SSSR count). The number of hydrogen-bond acceptors (Lipinski definition) is 3. The molecule has 1 heterocycles. The number of sulfonamides is 1. The first kappa shape index (κ1) is 16.5. The highest BCUT2D eigenvalue weighted by Gasteiger charge is 2.21. The topological polar surface area (TPSA) is 37.4 Å². The first-order chi connectivity index (χ1) is 9.95. The van der Waals surface area contributed by atoms with Crippen LogP contribution < -0.4 is 0 Å². The highest BCUT2D eigenvalue weighted by Crippen LogP contribution is 2.22. The van der Waals surface area contributed by atoms with Crippen LogP contribution in [0.25, 0.3) is 0 Å². The minimum atomic E-state index is -3.46. The van der Waals surface area contributed by atoms with Crippen molar-refractivity contribution in [3.05, 3.63) is 51.7 Å². The first-order valence-corrected chi connectivity index (χ1v) is 9.45. The van der Waals surface area contributed by atoms with Gasteiger partial charge in [-0.3, -0.25) is 0 Å². The predicted octanol–water partition coefficient (Wildman–Crippen LogP) is 3.66. The maximum Gasteiger partial charge on any atom is 0.243 e. The lowest BCUT2D eigenvalue weighted by molar-refractivity contribution is 0.469. The maximum absolute atomic E-state index is 12.5. The summed E-state index contributed by atoms with van der Waals surface area (Å²) in [5.41, 5.74) is 2.17. The third kappa shape index (κ3) is 3.86. The number of benzene rings is 1. The number of hydrogen-bond donors (Lipinski definition) is 0. The quantitative estimate of drug-likeness (QED) is 0.751. The van der Waals surface area contributed by atoms with Gasteiger partial charge in [0.2, 0.25) is 10.0 Å². The van der Waals surface area contributed by atoms with Crippen LogP contribution in [-0.2, 0) is 23.0 Å². The highest BCUT2D eigenvalue weighted by atomic mass is 35.5. The molecule has 0 fully saturated rings. The summed E-state index contributed by atoms with van der Waals surface area (Å²) in [4.78, 5) is 1.39. The van der Waals surface area contributed by atoms with E-state index in [1.165, 1.54) is 4.31 Å². The molecule has 6 heteroatoms. The van der Waals surface area contributed by atoms with Gasteiger partial charge in [0.1, 0.15) is 0 Å². The van der Waals surface area contributed by atoms with Crippen molar-refractivity contribution in [1.29, 1.82) is 0 Å². The molecule has 2 aromatic rings. The molecule has 0 aliphatic rings. The molecule has 0 spiro atoms. The van der Waals surface area contributed by atoms with E-state index < -0.39 is 10.0 Å². The molecule has 3 nitrogen and oxygen atoms in total. The van der Waals surface area contributed by atoms with Gasteiger partial charge >= 0.3 is 0 Å². The van der Waals surface area contributed by atoms with Crippen molar-refractivity contribution in [2.24, 2.45) is 0 Å². The van der Waals surface area contributed by atoms with Crippen molar-refractivity contribution >= 4 is 33.0 Å². The lowest BCUT2D eigenvalue weighted by atomic mass is 10.2. The molecule has 1 aromatic carbocycles. The van der Waals surface area contributed by atoms with Gasteiger partial charge in [-0.15, -0.1) is 22.9 Å². The average molecular weight is 344 g/mol. The molecule has 21 heavy (non-hydrogen) atoms. The number of alkyl halides is 1. The van der Waals surface area contributed by atoms with Crippen LogP contribution in [-0.4, -0.2) is 25.7 Å². The molecule has 114 valence electrons. The summed E-state index contributed by atoms with van der Waals surface area (Å²) in [6.45, 7) is 2.39. The lowest BCUT2D eigenvalue weighted by Gasteiger charge is -2.17. The van der Waals surface area contributed by atoms with Gasteiger partial charge in [0.25, 0.3) is 0 Å². The summed E-state index contributed by atoms with van der Waals surface area (Å²) in [6.07, 6.45) is 0.742. The summed E-state index contributed by atoms with van der Waals surface area (Å²) in [5, 5.41) is 1.98. The van der Waals surface area contributed by atoms with Crippen molar-refractivity contribution in [2.75, 3.05) is 12.9 Å². The number of rotatable bonds is 6. The molecule has 0 radical (unpaired) electrons. The maximum atomic E-state index is 12.5. The fourth-order valence-corrected chi connectivity index (χ4v) is 4.37. The minimum absolute atomic E-state index is 0.317. The van der Waals surface area contributed by atoms with E-state index in [0.717, 1.165) is 22.4 Å². The molecule has 0 N–H and O–H groups in total. The van der Waals surface area contributed by atoms with E-state index in [9.17, 15) is 8.42 Å². The van der Waals surface area contributed by atoms with Crippen LogP contribution in [0.5, 0.6) is 0 Å². The third-order valence-electron chi connectivity index (χ3n) is 3.35. The molecule has 0 atom stereocenters. The summed E-state index contributed by atoms with van der Waals surface area (Å²) < 4.78 is 26.5. The predicted molar refractivity (Wildman–Crippen MR) is 88.6 cm³/mol. The van der Waals surface area contributed by atoms with Gasteiger partial charge in [-0.05, 0) is 48.1 Å². The Morgan fingerprint density at radius 2 is 1.86 bits per heavy atom. The van der Waals surface area contributed by atoms with Crippen LogP contribution in [0.2, 0.25) is 0 Å². The summed E-state index contributed by atoms with van der Waals surface area (Å²) in [6, 6.07) is 8.93. The summed E-state index contributed by atoms with van der Waals surface area (Å²) in [7, 11) is -1.84. The molecule has 0 amide bonds. The highest BCUT2D eigenvalue weighted by molar-refractivity contribution is 7.89. The van der Waals surface area contributed by atoms with Gasteiger partial charge in [0, 0.05) is 24.3 Å². The molecule has 1 aromatic heterocycles. The van der Waals surface area contributed by atoms with E-state index >= 15 is 0 Å². The first-order valence-electron chi connectivity index (χ1n) is 6.59. The van der Waals surface area contributed by atoms with E-state index in [0.29, 0.717) is 17.3 Å². The number of aryl methyl sites for hydroxylation is 2. The average Bonchev–Trinajstić information content (AvgIpc) is 2.85. The minimum Gasteiger partial charge on any atom is -0.207 e. The van der Waals surface area contributed by atoms with Crippen molar-refractivity contribution in [2.45, 2.75) is 24.8 Å². The zero-order chi connectivity index (χ0) is 15.5. The Bertz CT molecular complexity index is 693. The lowest BCUT2D eigenvalue weighted by Crippen LogP contribution is -2.26. The molecule has 0 bridgehead atoms. The standard InChI is InChI=1S/C15H18ClNO2S2/c1-12-8-10-20-15(12)11-17(2)21(18,19)14-5-3-13(4-6-14)7-9-16/h3-6,8,10H,7,9,11H2,1-2H3. The van der Waals surface area contributed by atoms with E-state index in [-0.39, 0.29) is 0 Å². The second-order valence-corrected chi connectivity index (χ2v) is 8.29. The second-order valence-electron chi connectivity index (χ2n) is 4.87. The molecule has 0 saturated carbocycles. The SMILES string of the molecule is Cc1ccsc1CN(C)S(=O)(=O)c1ccc(CCCl)cc1. The fourth-order valence-electron chi connectivity index (χ4n) is 1.97. The zero-order valence-corrected chi connectivity index (χ0v) is 14.4. The van der Waals surface area contributed by atoms with Gasteiger partial charge in [-0.25, -0.2) is 8.42 Å². The van der Waals surface area contributed by atoms with Gasteiger partial charge < -0.3 is 0 Å². The van der Waals surface area contributed by atoms with Crippen LogP contribution in [0, 0.1) is 6.92 Å². The van der Waals surface area contributed by atoms with E-state index in [4.69, 9.17) is 11.6 Å². The van der Waals surface area contributed by atoms with E-state index in [1.54, 1.807) is 30.5 Å². The van der Waals surface area contributed by atoms with E-state index in [2.05, 4.69) is 0 Å². The number of nitrogens with zero attached hydrogens (tertiary/aromatic N) is 1. The van der Waals surface area contributed by atoms with Crippen molar-refractivity contribution in [3.63, 3.8) is 0 Å². The Balaban J connectivity index is 2.18. The van der Waals surface area contributed by atoms with Crippen LogP contribution in [0.15, 0.2) is 40.6 Å². The van der Waals surface area contributed by atoms with Gasteiger partial charge in [-0.1, -0.05) is 12.1 Å². The normalized spacial score (nSPS) is 12.0. The van der Waals surface area contributed by atoms with Crippen LogP contribution in [0.4, 0.5) is 0 Å². The zero-order valence-electron chi connectivity index (χ0n) is 12.0. The fraction of sp³-hybridized carbons (Fsp3) is 0.333. The van der Waals surface area contributed by atoms with Crippen LogP contribution >= 0.6 is 22.9 Å². The Morgan fingerprint density at radius 1 is 1.19 bits per heavy atom. The van der Waals surface area contributed by atoms with Crippen molar-refractivity contribution in [3.8, 4) is 0 Å². The molecule has 0 saturated heterocycles. The Kier molecular flexibility index (Phi) is 5.43. The van der Waals surface area contributed by atoms with Crippen molar-refractivity contribution < 1.29 is 8.42 Å². The van der Waals surface area contributed by atoms with Crippen LogP contribution in [0.3, 0.4) is 0 Å². The number of thiophene rings is 1. The summed E-state index contributed by atoms with van der Waals surface area (Å²) in [5.74, 6) is 0.531. The monoisotopic (exact) mass is 343 g/mol. The number of halogens is 1. The van der Waals surface area contributed by atoms with Gasteiger partial charge in [-0.2, -0.15) is 4.31 Å². The Morgan fingerprint density at radius 3 is 2.38 bits per heavy atom. The summed E-state index contributed by atoms with van der Waals surface area (Å²) >= 11 is 7.26. The van der Waals surface area contributed by atoms with Gasteiger partial charge in [0.05, 0.1) is 4.90 Å². The molecule has 0 aliphatic heterocycles. The Labute approximate surface area is 135 Å². The van der Waals surface area contributed by atoms with E-state index in [1.807, 2.05) is 30.5 Å². The van der Waals surface area contributed by atoms with Crippen molar-refractivity contribution in [1.82, 2.24) is 4.31 Å². The molecular formula is C15H18ClNO2S2. The smallest absolute Gasteiger partial charge is 0.207 e. The second kappa shape index (κ2) is 6.92. The largest absolute Gasteiger partial charge is 0.243 e. The third-order valence-corrected chi connectivity index (χ3v) is 6.36. The molecule has 0 unspecified atom stereocenters. The van der Waals surface area contributed by atoms with Crippen LogP contribution in [0.1, 0.15) is 16.0 Å². The molecule has 0 aliphatic carbocycles. The molecular weight excluding hydrogens is 326 g/mol.